The quantitative estimate of drug-likeness (QED) is 0.586. The van der Waals surface area contributed by atoms with Gasteiger partial charge >= 0.3 is 0 Å². The summed E-state index contributed by atoms with van der Waals surface area (Å²) < 4.78 is 0. The molecule has 0 aliphatic rings. The van der Waals surface area contributed by atoms with Crippen LogP contribution in [-0.2, 0) is 0 Å². The summed E-state index contributed by atoms with van der Waals surface area (Å²) in [6.45, 7) is 5.30. The fourth-order valence-corrected chi connectivity index (χ4v) is 1.81. The van der Waals surface area contributed by atoms with Gasteiger partial charge in [0.2, 0.25) is 0 Å². The lowest BCUT2D eigenvalue weighted by molar-refractivity contribution is -0.0501. The molecule has 0 spiro atoms. The van der Waals surface area contributed by atoms with Crippen LogP contribution in [0.5, 0.6) is 0 Å². The van der Waals surface area contributed by atoms with E-state index in [1.165, 1.54) is 6.92 Å². The van der Waals surface area contributed by atoms with E-state index in [-0.39, 0.29) is 5.25 Å². The summed E-state index contributed by atoms with van der Waals surface area (Å²) in [7, 11) is 0. The number of thioether (sulfide) groups is 1. The third-order valence-electron chi connectivity index (χ3n) is 1.75. The van der Waals surface area contributed by atoms with Crippen LogP contribution in [0.15, 0.2) is 0 Å². The highest BCUT2D eigenvalue weighted by atomic mass is 32.2. The van der Waals surface area contributed by atoms with E-state index in [1.54, 1.807) is 11.8 Å². The number of aliphatic hydroxyl groups excluding tert-OH is 3. The van der Waals surface area contributed by atoms with Crippen molar-refractivity contribution in [3.8, 4) is 0 Å². The molecule has 0 heterocycles. The number of hydrogen-bond acceptors (Lipinski definition) is 4. The average molecular weight is 194 g/mol. The van der Waals surface area contributed by atoms with Crippen LogP contribution in [0.1, 0.15) is 20.8 Å². The van der Waals surface area contributed by atoms with Crippen LogP contribution in [-0.4, -0.2) is 44.6 Å². The lowest BCUT2D eigenvalue weighted by Gasteiger charge is -2.24. The Morgan fingerprint density at radius 1 is 1.08 bits per heavy atom. The van der Waals surface area contributed by atoms with E-state index >= 15 is 0 Å². The van der Waals surface area contributed by atoms with Crippen LogP contribution in [0.25, 0.3) is 0 Å². The lowest BCUT2D eigenvalue weighted by atomic mass is 10.1. The SMILES string of the molecule is CCSC(C)[C@H](O)[C@@H](O)[C@H](C)O. The van der Waals surface area contributed by atoms with Gasteiger partial charge in [-0.1, -0.05) is 13.8 Å². The summed E-state index contributed by atoms with van der Waals surface area (Å²) in [6.07, 6.45) is -2.77. The lowest BCUT2D eigenvalue weighted by Crippen LogP contribution is -2.41. The van der Waals surface area contributed by atoms with E-state index in [9.17, 15) is 10.2 Å². The molecule has 0 bridgehead atoms. The molecule has 1 unspecified atom stereocenters. The summed E-state index contributed by atoms with van der Waals surface area (Å²) in [5.41, 5.74) is 0. The van der Waals surface area contributed by atoms with Crippen molar-refractivity contribution in [3.63, 3.8) is 0 Å². The second-order valence-electron chi connectivity index (χ2n) is 2.88. The maximum atomic E-state index is 9.46. The van der Waals surface area contributed by atoms with Crippen LogP contribution < -0.4 is 0 Å². The van der Waals surface area contributed by atoms with Gasteiger partial charge < -0.3 is 15.3 Å². The van der Waals surface area contributed by atoms with Crippen LogP contribution in [0.4, 0.5) is 0 Å². The molecule has 3 nitrogen and oxygen atoms in total. The molecule has 0 radical (unpaired) electrons. The molecule has 3 N–H and O–H groups in total. The van der Waals surface area contributed by atoms with E-state index in [0.29, 0.717) is 0 Å². The van der Waals surface area contributed by atoms with Gasteiger partial charge in [-0.25, -0.2) is 0 Å². The molecule has 0 rings (SSSR count). The predicted octanol–water partition coefficient (Wildman–Crippen LogP) is 0.231. The number of rotatable bonds is 5. The van der Waals surface area contributed by atoms with Crippen LogP contribution in [0.3, 0.4) is 0 Å². The van der Waals surface area contributed by atoms with Crippen molar-refractivity contribution in [2.24, 2.45) is 0 Å². The summed E-state index contributed by atoms with van der Waals surface area (Å²) in [6, 6.07) is 0. The Morgan fingerprint density at radius 2 is 1.58 bits per heavy atom. The Bertz CT molecular complexity index is 119. The summed E-state index contributed by atoms with van der Waals surface area (Å²) >= 11 is 1.56. The van der Waals surface area contributed by atoms with Gasteiger partial charge in [-0.2, -0.15) is 11.8 Å². The van der Waals surface area contributed by atoms with E-state index in [4.69, 9.17) is 5.11 Å². The Morgan fingerprint density at radius 3 is 1.92 bits per heavy atom. The van der Waals surface area contributed by atoms with Crippen molar-refractivity contribution in [2.45, 2.75) is 44.3 Å². The summed E-state index contributed by atoms with van der Waals surface area (Å²) in [5, 5.41) is 27.7. The van der Waals surface area contributed by atoms with Crippen LogP contribution >= 0.6 is 11.8 Å². The molecule has 4 atom stereocenters. The van der Waals surface area contributed by atoms with E-state index in [1.807, 2.05) is 13.8 Å². The minimum absolute atomic E-state index is 0.0420. The third-order valence-corrected chi connectivity index (χ3v) is 2.89. The first-order chi connectivity index (χ1) is 5.50. The average Bonchev–Trinajstić information content (AvgIpc) is 2.02. The zero-order chi connectivity index (χ0) is 9.72. The van der Waals surface area contributed by atoms with Crippen LogP contribution in [0, 0.1) is 0 Å². The molecule has 0 aromatic rings. The molecule has 0 aromatic heterocycles. The number of hydrogen-bond donors (Lipinski definition) is 3. The second kappa shape index (κ2) is 5.80. The van der Waals surface area contributed by atoms with Crippen molar-refractivity contribution in [1.29, 1.82) is 0 Å². The fraction of sp³-hybridized carbons (Fsp3) is 1.00. The minimum atomic E-state index is -1.04. The molecule has 0 aromatic carbocycles. The molecule has 0 aliphatic carbocycles. The Kier molecular flexibility index (Phi) is 5.92. The third kappa shape index (κ3) is 3.76. The van der Waals surface area contributed by atoms with E-state index in [0.717, 1.165) is 5.75 Å². The highest BCUT2D eigenvalue weighted by molar-refractivity contribution is 7.99. The molecule has 0 fully saturated rings. The molecule has 0 amide bonds. The van der Waals surface area contributed by atoms with Crippen molar-refractivity contribution < 1.29 is 15.3 Å². The minimum Gasteiger partial charge on any atom is -0.391 e. The van der Waals surface area contributed by atoms with Gasteiger partial charge in [-0.05, 0) is 12.7 Å². The van der Waals surface area contributed by atoms with E-state index in [2.05, 4.69) is 0 Å². The van der Waals surface area contributed by atoms with Gasteiger partial charge in [-0.3, -0.25) is 0 Å². The second-order valence-corrected chi connectivity index (χ2v) is 4.54. The molecular formula is C8H18O3S. The maximum Gasteiger partial charge on any atom is 0.106 e. The highest BCUT2D eigenvalue weighted by Crippen LogP contribution is 2.17. The monoisotopic (exact) mass is 194 g/mol. The molecule has 0 aliphatic heterocycles. The normalized spacial score (nSPS) is 21.5. The zero-order valence-corrected chi connectivity index (χ0v) is 8.58. The molecule has 74 valence electrons. The Hall–Kier alpha value is 0.230. The molecule has 4 heteroatoms. The maximum absolute atomic E-state index is 9.46. The van der Waals surface area contributed by atoms with Crippen molar-refractivity contribution in [1.82, 2.24) is 0 Å². The first-order valence-electron chi connectivity index (χ1n) is 4.16. The van der Waals surface area contributed by atoms with Crippen molar-refractivity contribution in [3.05, 3.63) is 0 Å². The topological polar surface area (TPSA) is 60.7 Å². The van der Waals surface area contributed by atoms with Gasteiger partial charge in [-0.15, -0.1) is 0 Å². The van der Waals surface area contributed by atoms with Gasteiger partial charge in [0.05, 0.1) is 12.2 Å². The zero-order valence-electron chi connectivity index (χ0n) is 7.77. The van der Waals surface area contributed by atoms with Gasteiger partial charge in [0, 0.05) is 5.25 Å². The van der Waals surface area contributed by atoms with Crippen LogP contribution in [0.2, 0.25) is 0 Å². The Labute approximate surface area is 77.8 Å². The predicted molar refractivity (Wildman–Crippen MR) is 51.3 cm³/mol. The molecular weight excluding hydrogens is 176 g/mol. The first kappa shape index (κ1) is 12.2. The molecule has 0 saturated heterocycles. The van der Waals surface area contributed by atoms with Gasteiger partial charge in [0.15, 0.2) is 0 Å². The fourth-order valence-electron chi connectivity index (χ4n) is 0.925. The first-order valence-corrected chi connectivity index (χ1v) is 5.21. The molecule has 0 saturated carbocycles. The molecule has 12 heavy (non-hydrogen) atoms. The van der Waals surface area contributed by atoms with Gasteiger partial charge in [0.1, 0.15) is 6.10 Å². The van der Waals surface area contributed by atoms with Crippen molar-refractivity contribution in [2.75, 3.05) is 5.75 Å². The standard InChI is InChI=1S/C8H18O3S/c1-4-12-6(3)8(11)7(10)5(2)9/h5-11H,4H2,1-3H3/t5-,6?,7-,8-/m0/s1. The van der Waals surface area contributed by atoms with E-state index < -0.39 is 18.3 Å². The van der Waals surface area contributed by atoms with Gasteiger partial charge in [0.25, 0.3) is 0 Å². The number of aliphatic hydroxyl groups is 3. The summed E-state index contributed by atoms with van der Waals surface area (Å²) in [5.74, 6) is 0.894. The summed E-state index contributed by atoms with van der Waals surface area (Å²) in [4.78, 5) is 0. The largest absolute Gasteiger partial charge is 0.391 e. The highest BCUT2D eigenvalue weighted by Gasteiger charge is 2.26. The Balaban J connectivity index is 3.90. The van der Waals surface area contributed by atoms with Crippen molar-refractivity contribution >= 4 is 11.8 Å². The smallest absolute Gasteiger partial charge is 0.106 e.